The summed E-state index contributed by atoms with van der Waals surface area (Å²) in [6, 6.07) is 7.43. The van der Waals surface area contributed by atoms with Crippen molar-refractivity contribution in [2.45, 2.75) is 69.8 Å². The quantitative estimate of drug-likeness (QED) is 0.700. The van der Waals surface area contributed by atoms with Gasteiger partial charge in [-0.1, -0.05) is 31.0 Å². The molecule has 2 aliphatic rings. The molecule has 2 fully saturated rings. The molecule has 3 amide bonds. The van der Waals surface area contributed by atoms with E-state index in [9.17, 15) is 14.4 Å². The molecule has 0 spiro atoms. The third kappa shape index (κ3) is 5.54. The molecule has 0 aromatic heterocycles. The fourth-order valence-electron chi connectivity index (χ4n) is 4.46. The number of hydrogen-bond donors (Lipinski definition) is 2. The van der Waals surface area contributed by atoms with Gasteiger partial charge in [-0.25, -0.2) is 0 Å². The lowest BCUT2D eigenvalue weighted by Gasteiger charge is -2.36. The molecule has 164 valence electrons. The number of nitrogens with zero attached hydrogens (tertiary/aromatic N) is 1. The lowest BCUT2D eigenvalue weighted by molar-refractivity contribution is -0.135. The SMILES string of the molecule is Cc1ccccc1C(=O)N[C@@H]1CCCC[C@H]1NC(=O)C1CCN(C(=O)[C@H](C)Cl)CC1. The molecule has 7 heteroatoms. The van der Waals surface area contributed by atoms with Crippen LogP contribution in [0.4, 0.5) is 0 Å². The number of likely N-dealkylation sites (tertiary alicyclic amines) is 1. The summed E-state index contributed by atoms with van der Waals surface area (Å²) in [6.45, 7) is 4.73. The van der Waals surface area contributed by atoms with E-state index in [0.717, 1.165) is 31.2 Å². The van der Waals surface area contributed by atoms with Crippen molar-refractivity contribution < 1.29 is 14.4 Å². The van der Waals surface area contributed by atoms with E-state index >= 15 is 0 Å². The topological polar surface area (TPSA) is 78.5 Å². The highest BCUT2D eigenvalue weighted by Crippen LogP contribution is 2.23. The van der Waals surface area contributed by atoms with Crippen molar-refractivity contribution in [3.05, 3.63) is 35.4 Å². The van der Waals surface area contributed by atoms with Crippen LogP contribution in [0.25, 0.3) is 0 Å². The highest BCUT2D eigenvalue weighted by molar-refractivity contribution is 6.30. The number of amides is 3. The maximum Gasteiger partial charge on any atom is 0.251 e. The zero-order valence-electron chi connectivity index (χ0n) is 17.8. The Labute approximate surface area is 183 Å². The van der Waals surface area contributed by atoms with E-state index in [4.69, 9.17) is 11.6 Å². The third-order valence-corrected chi connectivity index (χ3v) is 6.50. The minimum atomic E-state index is -0.532. The Morgan fingerprint density at radius 1 is 1.00 bits per heavy atom. The number of piperidine rings is 1. The zero-order valence-corrected chi connectivity index (χ0v) is 18.6. The fourth-order valence-corrected chi connectivity index (χ4v) is 4.60. The third-order valence-electron chi connectivity index (χ3n) is 6.32. The smallest absolute Gasteiger partial charge is 0.251 e. The average molecular weight is 434 g/mol. The Morgan fingerprint density at radius 2 is 1.60 bits per heavy atom. The van der Waals surface area contributed by atoms with E-state index < -0.39 is 5.38 Å². The predicted molar refractivity (Wildman–Crippen MR) is 117 cm³/mol. The molecule has 3 atom stereocenters. The lowest BCUT2D eigenvalue weighted by atomic mass is 9.88. The number of aryl methyl sites for hydroxylation is 1. The number of alkyl halides is 1. The first kappa shape index (κ1) is 22.6. The van der Waals surface area contributed by atoms with Crippen LogP contribution in [-0.2, 0) is 9.59 Å². The number of hydrogen-bond acceptors (Lipinski definition) is 3. The molecule has 1 aliphatic carbocycles. The van der Waals surface area contributed by atoms with Gasteiger partial charge in [0.05, 0.1) is 0 Å². The maximum atomic E-state index is 12.9. The van der Waals surface area contributed by atoms with Gasteiger partial charge in [-0.3, -0.25) is 14.4 Å². The van der Waals surface area contributed by atoms with Crippen LogP contribution in [0, 0.1) is 12.8 Å². The van der Waals surface area contributed by atoms with Gasteiger partial charge in [0.25, 0.3) is 5.91 Å². The van der Waals surface area contributed by atoms with Gasteiger partial charge < -0.3 is 15.5 Å². The van der Waals surface area contributed by atoms with E-state index in [-0.39, 0.29) is 35.7 Å². The van der Waals surface area contributed by atoms with Crippen LogP contribution in [0.2, 0.25) is 0 Å². The lowest BCUT2D eigenvalue weighted by Crippen LogP contribution is -2.55. The summed E-state index contributed by atoms with van der Waals surface area (Å²) in [5, 5.41) is 5.81. The van der Waals surface area contributed by atoms with Gasteiger partial charge in [-0.15, -0.1) is 11.6 Å². The summed E-state index contributed by atoms with van der Waals surface area (Å²) in [4.78, 5) is 39.4. The first-order valence-electron chi connectivity index (χ1n) is 11.0. The fraction of sp³-hybridized carbons (Fsp3) is 0.609. The van der Waals surface area contributed by atoms with Crippen molar-refractivity contribution in [1.82, 2.24) is 15.5 Å². The summed E-state index contributed by atoms with van der Waals surface area (Å²) in [7, 11) is 0. The average Bonchev–Trinajstić information content (AvgIpc) is 2.74. The predicted octanol–water partition coefficient (Wildman–Crippen LogP) is 3.02. The number of carbonyl (C=O) groups excluding carboxylic acids is 3. The number of halogens is 1. The standard InChI is InChI=1S/C23H32ClN3O3/c1-15-7-3-4-8-18(15)22(29)26-20-10-6-5-9-19(20)25-21(28)17-11-13-27(14-12-17)23(30)16(2)24/h3-4,7-8,16-17,19-20H,5-6,9-14H2,1-2H3,(H,25,28)(H,26,29)/t16-,19+,20+/m0/s1. The second-order valence-corrected chi connectivity index (χ2v) is 9.16. The number of benzene rings is 1. The number of nitrogens with one attached hydrogen (secondary N) is 2. The molecule has 1 aromatic carbocycles. The summed E-state index contributed by atoms with van der Waals surface area (Å²) < 4.78 is 0. The largest absolute Gasteiger partial charge is 0.351 e. The summed E-state index contributed by atoms with van der Waals surface area (Å²) >= 11 is 5.90. The summed E-state index contributed by atoms with van der Waals surface area (Å²) in [5.74, 6) is -0.222. The Bertz CT molecular complexity index is 775. The van der Waals surface area contributed by atoms with Crippen molar-refractivity contribution in [3.63, 3.8) is 0 Å². The van der Waals surface area contributed by atoms with Crippen LogP contribution in [0.5, 0.6) is 0 Å². The molecule has 1 aromatic rings. The van der Waals surface area contributed by atoms with Gasteiger partial charge in [-0.05, 0) is 51.2 Å². The van der Waals surface area contributed by atoms with Gasteiger partial charge in [0, 0.05) is 36.7 Å². The Kier molecular flexibility index (Phi) is 7.75. The minimum absolute atomic E-state index is 0.0306. The Balaban J connectivity index is 1.55. The van der Waals surface area contributed by atoms with Crippen LogP contribution in [0.15, 0.2) is 24.3 Å². The highest BCUT2D eigenvalue weighted by Gasteiger charge is 2.33. The van der Waals surface area contributed by atoms with Crippen LogP contribution in [0.3, 0.4) is 0 Å². The Morgan fingerprint density at radius 3 is 2.20 bits per heavy atom. The van der Waals surface area contributed by atoms with E-state index in [1.165, 1.54) is 0 Å². The van der Waals surface area contributed by atoms with Crippen LogP contribution < -0.4 is 10.6 Å². The zero-order chi connectivity index (χ0) is 21.7. The molecule has 0 bridgehead atoms. The van der Waals surface area contributed by atoms with Crippen molar-refractivity contribution in [3.8, 4) is 0 Å². The van der Waals surface area contributed by atoms with E-state index in [0.29, 0.717) is 31.5 Å². The van der Waals surface area contributed by atoms with Gasteiger partial charge in [0.15, 0.2) is 0 Å². The second kappa shape index (κ2) is 10.3. The van der Waals surface area contributed by atoms with Crippen molar-refractivity contribution in [1.29, 1.82) is 0 Å². The molecule has 1 aliphatic heterocycles. The highest BCUT2D eigenvalue weighted by atomic mass is 35.5. The monoisotopic (exact) mass is 433 g/mol. The van der Waals surface area contributed by atoms with Gasteiger partial charge in [-0.2, -0.15) is 0 Å². The van der Waals surface area contributed by atoms with Gasteiger partial charge in [0.2, 0.25) is 11.8 Å². The molecule has 0 radical (unpaired) electrons. The van der Waals surface area contributed by atoms with Crippen molar-refractivity contribution in [2.75, 3.05) is 13.1 Å². The first-order chi connectivity index (χ1) is 14.4. The summed E-state index contributed by atoms with van der Waals surface area (Å²) in [6.07, 6.45) is 5.11. The molecule has 3 rings (SSSR count). The van der Waals surface area contributed by atoms with Gasteiger partial charge in [0.1, 0.15) is 5.38 Å². The second-order valence-electron chi connectivity index (χ2n) is 8.51. The molecular formula is C23H32ClN3O3. The summed E-state index contributed by atoms with van der Waals surface area (Å²) in [5.41, 5.74) is 1.62. The van der Waals surface area contributed by atoms with Crippen LogP contribution in [0.1, 0.15) is 61.4 Å². The molecule has 1 saturated heterocycles. The Hall–Kier alpha value is -2.08. The molecule has 0 unspecified atom stereocenters. The molecule has 30 heavy (non-hydrogen) atoms. The number of rotatable bonds is 5. The molecule has 6 nitrogen and oxygen atoms in total. The molecule has 1 saturated carbocycles. The molecule has 2 N–H and O–H groups in total. The van der Waals surface area contributed by atoms with E-state index in [1.807, 2.05) is 31.2 Å². The molecular weight excluding hydrogens is 402 g/mol. The molecule has 1 heterocycles. The van der Waals surface area contributed by atoms with Crippen molar-refractivity contribution >= 4 is 29.3 Å². The normalized spacial score (nSPS) is 23.5. The van der Waals surface area contributed by atoms with Crippen LogP contribution in [-0.4, -0.2) is 53.2 Å². The van der Waals surface area contributed by atoms with Gasteiger partial charge >= 0.3 is 0 Å². The van der Waals surface area contributed by atoms with E-state index in [2.05, 4.69) is 10.6 Å². The number of carbonyl (C=O) groups is 3. The first-order valence-corrected chi connectivity index (χ1v) is 11.4. The minimum Gasteiger partial charge on any atom is -0.351 e. The maximum absolute atomic E-state index is 12.9. The van der Waals surface area contributed by atoms with Crippen LogP contribution >= 0.6 is 11.6 Å². The van der Waals surface area contributed by atoms with E-state index in [1.54, 1.807) is 11.8 Å². The van der Waals surface area contributed by atoms with Crippen molar-refractivity contribution in [2.24, 2.45) is 5.92 Å².